The molecule has 4 nitrogen and oxygen atoms in total. The van der Waals surface area contributed by atoms with Gasteiger partial charge < -0.3 is 19.9 Å². The molecule has 0 saturated heterocycles. The second kappa shape index (κ2) is 5.66. The Morgan fingerprint density at radius 1 is 1.29 bits per heavy atom. The molecule has 110 valence electrons. The first-order valence-corrected chi connectivity index (χ1v) is 7.03. The first kappa shape index (κ1) is 13.8. The van der Waals surface area contributed by atoms with Gasteiger partial charge in [-0.1, -0.05) is 12.1 Å². The van der Waals surface area contributed by atoms with Gasteiger partial charge in [0.25, 0.3) is 0 Å². The van der Waals surface area contributed by atoms with E-state index in [0.717, 1.165) is 17.1 Å². The first-order valence-electron chi connectivity index (χ1n) is 7.03. The molecule has 0 fully saturated rings. The van der Waals surface area contributed by atoms with Crippen molar-refractivity contribution in [3.63, 3.8) is 0 Å². The van der Waals surface area contributed by atoms with Gasteiger partial charge >= 0.3 is 0 Å². The molecule has 0 aromatic heterocycles. The van der Waals surface area contributed by atoms with Crippen LogP contribution in [0.2, 0.25) is 0 Å². The summed E-state index contributed by atoms with van der Waals surface area (Å²) in [7, 11) is 1.67. The number of ether oxygens (including phenoxy) is 2. The van der Waals surface area contributed by atoms with Gasteiger partial charge in [-0.15, -0.1) is 0 Å². The first-order chi connectivity index (χ1) is 10.2. The molecule has 1 heterocycles. The van der Waals surface area contributed by atoms with E-state index < -0.39 is 0 Å². The summed E-state index contributed by atoms with van der Waals surface area (Å²) in [6.07, 6.45) is 0. The molecular weight excluding hydrogens is 266 g/mol. The third-order valence-corrected chi connectivity index (χ3v) is 3.82. The van der Waals surface area contributed by atoms with Crippen LogP contribution < -0.4 is 14.8 Å². The van der Waals surface area contributed by atoms with E-state index >= 15 is 0 Å². The highest BCUT2D eigenvalue weighted by Gasteiger charge is 2.25. The summed E-state index contributed by atoms with van der Waals surface area (Å²) < 4.78 is 10.9. The van der Waals surface area contributed by atoms with Crippen LogP contribution in [-0.4, -0.2) is 18.8 Å². The summed E-state index contributed by atoms with van der Waals surface area (Å²) >= 11 is 0. The van der Waals surface area contributed by atoms with Crippen molar-refractivity contribution in [3.05, 3.63) is 53.6 Å². The van der Waals surface area contributed by atoms with E-state index in [1.165, 1.54) is 5.56 Å². The standard InChI is InChI=1S/C17H19NO3/c1-11(12-4-3-5-14(8-12)20-2)18-16-10-21-17-9-13(19)6-7-15(16)17/h3-9,11,16,18-19H,10H2,1-2H3/t11-,16?/m0/s1. The number of benzene rings is 2. The number of methoxy groups -OCH3 is 1. The van der Waals surface area contributed by atoms with Gasteiger partial charge in [0, 0.05) is 17.7 Å². The molecule has 2 N–H and O–H groups in total. The second-order valence-electron chi connectivity index (χ2n) is 5.25. The average molecular weight is 285 g/mol. The number of hydrogen-bond acceptors (Lipinski definition) is 4. The molecule has 0 radical (unpaired) electrons. The van der Waals surface area contributed by atoms with Gasteiger partial charge in [-0.05, 0) is 36.8 Å². The molecule has 21 heavy (non-hydrogen) atoms. The van der Waals surface area contributed by atoms with Crippen LogP contribution in [0.5, 0.6) is 17.2 Å². The van der Waals surface area contributed by atoms with Gasteiger partial charge in [-0.2, -0.15) is 0 Å². The second-order valence-corrected chi connectivity index (χ2v) is 5.25. The van der Waals surface area contributed by atoms with Crippen LogP contribution in [0, 0.1) is 0 Å². The lowest BCUT2D eigenvalue weighted by atomic mass is 10.0. The van der Waals surface area contributed by atoms with Gasteiger partial charge in [0.1, 0.15) is 23.9 Å². The molecule has 4 heteroatoms. The van der Waals surface area contributed by atoms with Crippen molar-refractivity contribution >= 4 is 0 Å². The van der Waals surface area contributed by atoms with Gasteiger partial charge in [-0.3, -0.25) is 0 Å². The SMILES string of the molecule is COc1cccc([C@H](C)NC2COc3cc(O)ccc32)c1. The van der Waals surface area contributed by atoms with Gasteiger partial charge in [0.15, 0.2) is 0 Å². The molecule has 2 atom stereocenters. The molecule has 1 aliphatic heterocycles. The quantitative estimate of drug-likeness (QED) is 0.906. The normalized spacial score (nSPS) is 17.9. The molecule has 0 bridgehead atoms. The lowest BCUT2D eigenvalue weighted by Gasteiger charge is -2.19. The Labute approximate surface area is 124 Å². The monoisotopic (exact) mass is 285 g/mol. The highest BCUT2D eigenvalue weighted by molar-refractivity contribution is 5.44. The van der Waals surface area contributed by atoms with E-state index in [-0.39, 0.29) is 17.8 Å². The predicted octanol–water partition coefficient (Wildman–Crippen LogP) is 3.19. The maximum absolute atomic E-state index is 9.49. The van der Waals surface area contributed by atoms with Crippen LogP contribution in [0.1, 0.15) is 30.1 Å². The number of rotatable bonds is 4. The summed E-state index contributed by atoms with van der Waals surface area (Å²) in [6, 6.07) is 13.6. The van der Waals surface area contributed by atoms with Crippen molar-refractivity contribution in [2.45, 2.75) is 19.0 Å². The molecule has 1 unspecified atom stereocenters. The Bertz CT molecular complexity index is 642. The minimum absolute atomic E-state index is 0.127. The van der Waals surface area contributed by atoms with Crippen molar-refractivity contribution in [1.82, 2.24) is 5.32 Å². The number of hydrogen-bond donors (Lipinski definition) is 2. The van der Waals surface area contributed by atoms with E-state index in [9.17, 15) is 5.11 Å². The number of phenols is 1. The summed E-state index contributed by atoms with van der Waals surface area (Å²) in [4.78, 5) is 0. The molecule has 2 aromatic rings. The molecule has 0 aliphatic carbocycles. The van der Waals surface area contributed by atoms with Gasteiger partial charge in [0.2, 0.25) is 0 Å². The minimum atomic E-state index is 0.127. The third-order valence-electron chi connectivity index (χ3n) is 3.82. The molecule has 1 aliphatic rings. The molecule has 0 spiro atoms. The number of fused-ring (bicyclic) bond motifs is 1. The highest BCUT2D eigenvalue weighted by Crippen LogP contribution is 2.36. The van der Waals surface area contributed by atoms with Crippen molar-refractivity contribution in [2.24, 2.45) is 0 Å². The van der Waals surface area contributed by atoms with Crippen LogP contribution >= 0.6 is 0 Å². The van der Waals surface area contributed by atoms with E-state index in [4.69, 9.17) is 9.47 Å². The van der Waals surface area contributed by atoms with Crippen molar-refractivity contribution < 1.29 is 14.6 Å². The Balaban J connectivity index is 1.76. The fourth-order valence-electron chi connectivity index (χ4n) is 2.65. The van der Waals surface area contributed by atoms with Gasteiger partial charge in [0.05, 0.1) is 13.2 Å². The summed E-state index contributed by atoms with van der Waals surface area (Å²) in [5, 5.41) is 13.0. The molecule has 0 amide bonds. The lowest BCUT2D eigenvalue weighted by Crippen LogP contribution is -2.25. The predicted molar refractivity (Wildman–Crippen MR) is 80.9 cm³/mol. The third kappa shape index (κ3) is 2.81. The van der Waals surface area contributed by atoms with Crippen LogP contribution in [0.4, 0.5) is 0 Å². The Hall–Kier alpha value is -2.20. The fourth-order valence-corrected chi connectivity index (χ4v) is 2.65. The number of nitrogens with one attached hydrogen (secondary N) is 1. The number of phenolic OH excluding ortho intramolecular Hbond substituents is 1. The van der Waals surface area contributed by atoms with Crippen molar-refractivity contribution in [3.8, 4) is 17.2 Å². The maximum Gasteiger partial charge on any atom is 0.127 e. The summed E-state index contributed by atoms with van der Waals surface area (Å²) in [5.41, 5.74) is 2.25. The van der Waals surface area contributed by atoms with Crippen LogP contribution in [0.3, 0.4) is 0 Å². The summed E-state index contributed by atoms with van der Waals surface area (Å²) in [6.45, 7) is 2.69. The zero-order valence-corrected chi connectivity index (χ0v) is 12.2. The largest absolute Gasteiger partial charge is 0.508 e. The lowest BCUT2D eigenvalue weighted by molar-refractivity contribution is 0.300. The van der Waals surface area contributed by atoms with E-state index in [1.54, 1.807) is 19.2 Å². The molecule has 3 rings (SSSR count). The molecular formula is C17H19NO3. The molecule has 2 aromatic carbocycles. The Morgan fingerprint density at radius 3 is 2.95 bits per heavy atom. The van der Waals surface area contributed by atoms with E-state index in [0.29, 0.717) is 6.61 Å². The Morgan fingerprint density at radius 2 is 2.14 bits per heavy atom. The van der Waals surface area contributed by atoms with Crippen LogP contribution in [0.25, 0.3) is 0 Å². The van der Waals surface area contributed by atoms with Crippen molar-refractivity contribution in [2.75, 3.05) is 13.7 Å². The van der Waals surface area contributed by atoms with Crippen molar-refractivity contribution in [1.29, 1.82) is 0 Å². The maximum atomic E-state index is 9.49. The molecule has 0 saturated carbocycles. The van der Waals surface area contributed by atoms with E-state index in [2.05, 4.69) is 18.3 Å². The van der Waals surface area contributed by atoms with Crippen LogP contribution in [-0.2, 0) is 0 Å². The van der Waals surface area contributed by atoms with Crippen LogP contribution in [0.15, 0.2) is 42.5 Å². The zero-order chi connectivity index (χ0) is 14.8. The number of aromatic hydroxyl groups is 1. The zero-order valence-electron chi connectivity index (χ0n) is 12.2. The van der Waals surface area contributed by atoms with Gasteiger partial charge in [-0.25, -0.2) is 0 Å². The van der Waals surface area contributed by atoms with E-state index in [1.807, 2.05) is 24.3 Å². The summed E-state index contributed by atoms with van der Waals surface area (Å²) in [5.74, 6) is 1.84. The highest BCUT2D eigenvalue weighted by atomic mass is 16.5. The smallest absolute Gasteiger partial charge is 0.127 e. The average Bonchev–Trinajstić information content (AvgIpc) is 2.89. The Kier molecular flexibility index (Phi) is 3.71. The fraction of sp³-hybridized carbons (Fsp3) is 0.294. The minimum Gasteiger partial charge on any atom is -0.508 e. The topological polar surface area (TPSA) is 50.7 Å².